The van der Waals surface area contributed by atoms with Crippen molar-refractivity contribution in [3.8, 4) is 5.75 Å². The lowest BCUT2D eigenvalue weighted by molar-refractivity contribution is 0.0239. The number of ether oxygens (including phenoxy) is 1. The first-order valence-electron chi connectivity index (χ1n) is 5.85. The lowest BCUT2D eigenvalue weighted by Crippen LogP contribution is -2.42. The minimum Gasteiger partial charge on any atom is -0.484 e. The molecule has 1 aromatic carbocycles. The van der Waals surface area contributed by atoms with Crippen molar-refractivity contribution >= 4 is 0 Å². The summed E-state index contributed by atoms with van der Waals surface area (Å²) in [5.41, 5.74) is 6.59. The molecule has 3 heteroatoms. The van der Waals surface area contributed by atoms with Crippen LogP contribution in [0.15, 0.2) is 18.2 Å². The third-order valence-corrected chi connectivity index (χ3v) is 3.60. The Labute approximate surface area is 95.6 Å². The van der Waals surface area contributed by atoms with E-state index < -0.39 is 0 Å². The number of rotatable bonds is 2. The highest BCUT2D eigenvalue weighted by Crippen LogP contribution is 2.42. The van der Waals surface area contributed by atoms with Crippen molar-refractivity contribution in [2.45, 2.75) is 44.8 Å². The monoisotopic (exact) mass is 223 g/mol. The maximum Gasteiger partial charge on any atom is 0.165 e. The Bertz CT molecular complexity index is 388. The van der Waals surface area contributed by atoms with Crippen LogP contribution in [-0.2, 0) is 0 Å². The van der Waals surface area contributed by atoms with E-state index in [1.54, 1.807) is 6.07 Å². The molecule has 0 aromatic heterocycles. The molecular weight excluding hydrogens is 205 g/mol. The molecule has 0 spiro atoms. The van der Waals surface area contributed by atoms with Gasteiger partial charge in [0.05, 0.1) is 0 Å². The van der Waals surface area contributed by atoms with E-state index in [0.717, 1.165) is 24.8 Å². The summed E-state index contributed by atoms with van der Waals surface area (Å²) in [7, 11) is 0. The average Bonchev–Trinajstić information content (AvgIpc) is 2.30. The molecule has 0 unspecified atom stereocenters. The van der Waals surface area contributed by atoms with Crippen LogP contribution in [0.3, 0.4) is 0 Å². The SMILES string of the molecule is CCC1(CC)C[C@@H](N)c2cccc(F)c2O1. The highest BCUT2D eigenvalue weighted by molar-refractivity contribution is 5.40. The van der Waals surface area contributed by atoms with Crippen molar-refractivity contribution in [1.29, 1.82) is 0 Å². The van der Waals surface area contributed by atoms with E-state index in [1.165, 1.54) is 6.07 Å². The molecule has 1 heterocycles. The second-order valence-corrected chi connectivity index (χ2v) is 4.46. The normalized spacial score (nSPS) is 22.4. The predicted molar refractivity (Wildman–Crippen MR) is 61.9 cm³/mol. The standard InChI is InChI=1S/C13H18FNO/c1-3-13(4-2)8-11(15)9-6-5-7-10(14)12(9)16-13/h5-7,11H,3-4,8,15H2,1-2H3/t11-/m1/s1. The van der Waals surface area contributed by atoms with Gasteiger partial charge in [-0.15, -0.1) is 0 Å². The second-order valence-electron chi connectivity index (χ2n) is 4.46. The minimum atomic E-state index is -0.307. The van der Waals surface area contributed by atoms with Crippen molar-refractivity contribution in [2.24, 2.45) is 5.73 Å². The smallest absolute Gasteiger partial charge is 0.165 e. The zero-order valence-electron chi connectivity index (χ0n) is 9.79. The van der Waals surface area contributed by atoms with Gasteiger partial charge in [0.15, 0.2) is 11.6 Å². The molecular formula is C13H18FNO. The molecule has 2 rings (SSSR count). The summed E-state index contributed by atoms with van der Waals surface area (Å²) in [4.78, 5) is 0. The van der Waals surface area contributed by atoms with Crippen molar-refractivity contribution in [1.82, 2.24) is 0 Å². The molecule has 1 aliphatic rings. The number of para-hydroxylation sites is 1. The van der Waals surface area contributed by atoms with Gasteiger partial charge in [-0.3, -0.25) is 0 Å². The largest absolute Gasteiger partial charge is 0.484 e. The van der Waals surface area contributed by atoms with Gasteiger partial charge in [0.25, 0.3) is 0 Å². The minimum absolute atomic E-state index is 0.126. The van der Waals surface area contributed by atoms with Crippen LogP contribution in [0.2, 0.25) is 0 Å². The first-order valence-corrected chi connectivity index (χ1v) is 5.85. The van der Waals surface area contributed by atoms with Crippen LogP contribution in [0.25, 0.3) is 0 Å². The zero-order chi connectivity index (χ0) is 11.8. The third-order valence-electron chi connectivity index (χ3n) is 3.60. The number of fused-ring (bicyclic) bond motifs is 1. The fourth-order valence-corrected chi connectivity index (χ4v) is 2.38. The Morgan fingerprint density at radius 1 is 1.44 bits per heavy atom. The van der Waals surface area contributed by atoms with Gasteiger partial charge in [-0.05, 0) is 18.9 Å². The topological polar surface area (TPSA) is 35.2 Å². The van der Waals surface area contributed by atoms with Gasteiger partial charge in [-0.2, -0.15) is 0 Å². The van der Waals surface area contributed by atoms with E-state index in [1.807, 2.05) is 6.07 Å². The van der Waals surface area contributed by atoms with Crippen LogP contribution in [-0.4, -0.2) is 5.60 Å². The lowest BCUT2D eigenvalue weighted by Gasteiger charge is -2.40. The van der Waals surface area contributed by atoms with Crippen LogP contribution in [0.5, 0.6) is 5.75 Å². The molecule has 2 nitrogen and oxygen atoms in total. The van der Waals surface area contributed by atoms with Gasteiger partial charge in [0.1, 0.15) is 5.60 Å². The molecule has 1 aromatic rings. The van der Waals surface area contributed by atoms with Crippen molar-refractivity contribution in [2.75, 3.05) is 0 Å². The molecule has 1 atom stereocenters. The molecule has 0 radical (unpaired) electrons. The Hall–Kier alpha value is -1.09. The summed E-state index contributed by atoms with van der Waals surface area (Å²) >= 11 is 0. The summed E-state index contributed by atoms with van der Waals surface area (Å²) in [6.07, 6.45) is 2.46. The molecule has 0 saturated carbocycles. The first kappa shape index (κ1) is 11.4. The molecule has 0 aliphatic carbocycles. The van der Waals surface area contributed by atoms with Crippen molar-refractivity contribution < 1.29 is 9.13 Å². The van der Waals surface area contributed by atoms with E-state index in [-0.39, 0.29) is 17.5 Å². The van der Waals surface area contributed by atoms with Crippen LogP contribution >= 0.6 is 0 Å². The number of halogens is 1. The Morgan fingerprint density at radius 3 is 2.75 bits per heavy atom. The van der Waals surface area contributed by atoms with Crippen LogP contribution in [0.1, 0.15) is 44.7 Å². The van der Waals surface area contributed by atoms with Crippen LogP contribution in [0, 0.1) is 5.82 Å². The predicted octanol–water partition coefficient (Wildman–Crippen LogP) is 3.17. The zero-order valence-corrected chi connectivity index (χ0v) is 9.79. The number of benzene rings is 1. The molecule has 0 bridgehead atoms. The fraction of sp³-hybridized carbons (Fsp3) is 0.538. The van der Waals surface area contributed by atoms with Gasteiger partial charge in [-0.25, -0.2) is 4.39 Å². The summed E-state index contributed by atoms with van der Waals surface area (Å²) in [5.74, 6) is 0.0453. The summed E-state index contributed by atoms with van der Waals surface area (Å²) in [5, 5.41) is 0. The van der Waals surface area contributed by atoms with Gasteiger partial charge in [-0.1, -0.05) is 26.0 Å². The van der Waals surface area contributed by atoms with Gasteiger partial charge in [0, 0.05) is 18.0 Å². The maximum atomic E-state index is 13.7. The third kappa shape index (κ3) is 1.69. The summed E-state index contributed by atoms with van der Waals surface area (Å²) in [6, 6.07) is 4.83. The second kappa shape index (κ2) is 4.06. The van der Waals surface area contributed by atoms with Gasteiger partial charge < -0.3 is 10.5 Å². The average molecular weight is 223 g/mol. The van der Waals surface area contributed by atoms with Gasteiger partial charge in [0.2, 0.25) is 0 Å². The van der Waals surface area contributed by atoms with Crippen LogP contribution in [0.4, 0.5) is 4.39 Å². The lowest BCUT2D eigenvalue weighted by atomic mass is 9.84. The highest BCUT2D eigenvalue weighted by atomic mass is 19.1. The Morgan fingerprint density at radius 2 is 2.12 bits per heavy atom. The van der Waals surface area contributed by atoms with E-state index in [2.05, 4.69) is 13.8 Å². The van der Waals surface area contributed by atoms with Crippen molar-refractivity contribution in [3.05, 3.63) is 29.6 Å². The molecule has 0 saturated heterocycles. The van der Waals surface area contributed by atoms with E-state index in [9.17, 15) is 4.39 Å². The van der Waals surface area contributed by atoms with E-state index in [0.29, 0.717) is 5.75 Å². The highest BCUT2D eigenvalue weighted by Gasteiger charge is 2.38. The molecule has 16 heavy (non-hydrogen) atoms. The number of hydrogen-bond donors (Lipinski definition) is 1. The Balaban J connectivity index is 2.45. The quantitative estimate of drug-likeness (QED) is 0.835. The molecule has 1 aliphatic heterocycles. The first-order chi connectivity index (χ1) is 7.62. The summed E-state index contributed by atoms with van der Waals surface area (Å²) in [6.45, 7) is 4.12. The van der Waals surface area contributed by atoms with E-state index >= 15 is 0 Å². The maximum absolute atomic E-state index is 13.7. The fourth-order valence-electron chi connectivity index (χ4n) is 2.38. The Kier molecular flexibility index (Phi) is 2.89. The molecule has 88 valence electrons. The summed E-state index contributed by atoms with van der Waals surface area (Å²) < 4.78 is 19.5. The number of nitrogens with two attached hydrogens (primary N) is 1. The molecule has 0 amide bonds. The molecule has 2 N–H and O–H groups in total. The molecule has 0 fully saturated rings. The van der Waals surface area contributed by atoms with Gasteiger partial charge >= 0.3 is 0 Å². The van der Waals surface area contributed by atoms with Crippen LogP contribution < -0.4 is 10.5 Å². The number of hydrogen-bond acceptors (Lipinski definition) is 2. The van der Waals surface area contributed by atoms with Crippen molar-refractivity contribution in [3.63, 3.8) is 0 Å². The van der Waals surface area contributed by atoms with E-state index in [4.69, 9.17) is 10.5 Å².